The third kappa shape index (κ3) is 2.23. The van der Waals surface area contributed by atoms with Crippen LogP contribution in [-0.2, 0) is 10.3 Å². The predicted molar refractivity (Wildman–Crippen MR) is 69.3 cm³/mol. The molecule has 0 amide bonds. The summed E-state index contributed by atoms with van der Waals surface area (Å²) < 4.78 is 11.4. The van der Waals surface area contributed by atoms with Crippen LogP contribution in [0.3, 0.4) is 0 Å². The molecule has 3 rings (SSSR count). The molecule has 96 valence electrons. The van der Waals surface area contributed by atoms with Gasteiger partial charge in [-0.15, -0.1) is 11.3 Å². The number of aromatic nitrogens is 2. The van der Waals surface area contributed by atoms with Gasteiger partial charge in [0.2, 0.25) is 5.82 Å². The molecule has 1 aliphatic heterocycles. The van der Waals surface area contributed by atoms with Gasteiger partial charge in [-0.3, -0.25) is 0 Å². The first-order valence-corrected chi connectivity index (χ1v) is 7.23. The number of nitrogens with zero attached hydrogens (tertiary/aromatic N) is 2. The molecule has 2 aromatic heterocycles. The molecule has 1 fully saturated rings. The first-order valence-electron chi connectivity index (χ1n) is 5.56. The van der Waals surface area contributed by atoms with E-state index in [-0.39, 0.29) is 5.89 Å². The monoisotopic (exact) mass is 330 g/mol. The highest BCUT2D eigenvalue weighted by Crippen LogP contribution is 2.33. The Bertz CT molecular complexity index is 548. The molecule has 0 aromatic carbocycles. The van der Waals surface area contributed by atoms with Gasteiger partial charge in [0.25, 0.3) is 5.89 Å². The number of halogens is 1. The zero-order valence-corrected chi connectivity index (χ0v) is 11.8. The maximum atomic E-state index is 10.4. The summed E-state index contributed by atoms with van der Waals surface area (Å²) in [5, 5.41) is 16.3. The Morgan fingerprint density at radius 3 is 2.83 bits per heavy atom. The van der Waals surface area contributed by atoms with E-state index in [2.05, 4.69) is 26.1 Å². The minimum Gasteiger partial charge on any atom is -0.381 e. The Morgan fingerprint density at radius 1 is 1.39 bits per heavy atom. The highest BCUT2D eigenvalue weighted by molar-refractivity contribution is 9.10. The van der Waals surface area contributed by atoms with Crippen LogP contribution < -0.4 is 0 Å². The van der Waals surface area contributed by atoms with Crippen molar-refractivity contribution in [3.63, 3.8) is 0 Å². The van der Waals surface area contributed by atoms with Gasteiger partial charge >= 0.3 is 0 Å². The van der Waals surface area contributed by atoms with Gasteiger partial charge in [0.1, 0.15) is 5.60 Å². The zero-order chi connectivity index (χ0) is 12.6. The van der Waals surface area contributed by atoms with Crippen molar-refractivity contribution in [2.75, 3.05) is 13.2 Å². The fourth-order valence-corrected chi connectivity index (χ4v) is 3.22. The van der Waals surface area contributed by atoms with Crippen molar-refractivity contribution in [1.82, 2.24) is 10.1 Å². The molecule has 1 aliphatic rings. The minimum absolute atomic E-state index is 0.283. The Labute approximate surface area is 116 Å². The van der Waals surface area contributed by atoms with E-state index in [0.29, 0.717) is 31.9 Å². The molecule has 18 heavy (non-hydrogen) atoms. The third-order valence-corrected chi connectivity index (χ3v) is 4.62. The van der Waals surface area contributed by atoms with E-state index in [1.54, 1.807) is 0 Å². The fourth-order valence-electron chi connectivity index (χ4n) is 1.87. The standard InChI is InChI=1S/C11H11BrN2O3S/c12-7-5-8(18-6-7)9-13-10(17-14-9)11(15)1-3-16-4-2-11/h5-6,15H,1-4H2. The predicted octanol–water partition coefficient (Wildman–Crippen LogP) is 2.56. The Hall–Kier alpha value is -0.760. The Morgan fingerprint density at radius 2 is 2.17 bits per heavy atom. The van der Waals surface area contributed by atoms with Crippen molar-refractivity contribution in [2.45, 2.75) is 18.4 Å². The minimum atomic E-state index is -1.04. The van der Waals surface area contributed by atoms with Gasteiger partial charge < -0.3 is 14.4 Å². The number of ether oxygens (including phenoxy) is 1. The van der Waals surface area contributed by atoms with Crippen LogP contribution in [0, 0.1) is 0 Å². The molecule has 0 saturated carbocycles. The van der Waals surface area contributed by atoms with Crippen molar-refractivity contribution < 1.29 is 14.4 Å². The summed E-state index contributed by atoms with van der Waals surface area (Å²) >= 11 is 4.91. The first kappa shape index (κ1) is 12.3. The second-order valence-electron chi connectivity index (χ2n) is 4.20. The Balaban J connectivity index is 1.89. The van der Waals surface area contributed by atoms with Gasteiger partial charge in [-0.2, -0.15) is 4.98 Å². The largest absolute Gasteiger partial charge is 0.381 e. The smallest absolute Gasteiger partial charge is 0.259 e. The number of hydrogen-bond acceptors (Lipinski definition) is 6. The van der Waals surface area contributed by atoms with Crippen LogP contribution >= 0.6 is 27.3 Å². The quantitative estimate of drug-likeness (QED) is 0.916. The van der Waals surface area contributed by atoms with E-state index in [0.717, 1.165) is 9.35 Å². The maximum absolute atomic E-state index is 10.4. The molecule has 0 atom stereocenters. The van der Waals surface area contributed by atoms with Crippen LogP contribution in [0.4, 0.5) is 0 Å². The van der Waals surface area contributed by atoms with Crippen molar-refractivity contribution in [3.8, 4) is 10.7 Å². The van der Waals surface area contributed by atoms with Crippen LogP contribution in [-0.4, -0.2) is 28.5 Å². The normalized spacial score (nSPS) is 19.0. The van der Waals surface area contributed by atoms with Gasteiger partial charge in [-0.1, -0.05) is 5.16 Å². The molecule has 5 nitrogen and oxygen atoms in total. The van der Waals surface area contributed by atoms with Gasteiger partial charge in [-0.05, 0) is 22.0 Å². The van der Waals surface area contributed by atoms with Crippen molar-refractivity contribution >= 4 is 27.3 Å². The molecule has 0 radical (unpaired) electrons. The molecule has 7 heteroatoms. The molecule has 3 heterocycles. The van der Waals surface area contributed by atoms with Crippen LogP contribution in [0.25, 0.3) is 10.7 Å². The van der Waals surface area contributed by atoms with E-state index in [4.69, 9.17) is 9.26 Å². The summed E-state index contributed by atoms with van der Waals surface area (Å²) in [5.74, 6) is 0.797. The Kier molecular flexibility index (Phi) is 3.23. The fraction of sp³-hybridized carbons (Fsp3) is 0.455. The lowest BCUT2D eigenvalue weighted by molar-refractivity contribution is -0.0856. The molecule has 1 N–H and O–H groups in total. The molecule has 2 aromatic rings. The van der Waals surface area contributed by atoms with E-state index in [1.165, 1.54) is 11.3 Å². The summed E-state index contributed by atoms with van der Waals surface area (Å²) in [5.41, 5.74) is -1.04. The SMILES string of the molecule is OC1(c2nc(-c3cc(Br)cs3)no2)CCOCC1. The molecule has 0 bridgehead atoms. The summed E-state index contributed by atoms with van der Waals surface area (Å²) in [6.45, 7) is 1.03. The van der Waals surface area contributed by atoms with E-state index in [1.807, 2.05) is 11.4 Å². The average molecular weight is 331 g/mol. The van der Waals surface area contributed by atoms with Crippen LogP contribution in [0.1, 0.15) is 18.7 Å². The second-order valence-corrected chi connectivity index (χ2v) is 6.02. The van der Waals surface area contributed by atoms with Crippen LogP contribution in [0.15, 0.2) is 20.4 Å². The molecular weight excluding hydrogens is 320 g/mol. The molecule has 1 saturated heterocycles. The highest BCUT2D eigenvalue weighted by Gasteiger charge is 2.37. The summed E-state index contributed by atoms with van der Waals surface area (Å²) in [4.78, 5) is 5.21. The van der Waals surface area contributed by atoms with E-state index >= 15 is 0 Å². The lowest BCUT2D eigenvalue weighted by Gasteiger charge is -2.27. The van der Waals surface area contributed by atoms with E-state index in [9.17, 15) is 5.11 Å². The maximum Gasteiger partial charge on any atom is 0.259 e. The van der Waals surface area contributed by atoms with Crippen LogP contribution in [0.2, 0.25) is 0 Å². The first-order chi connectivity index (χ1) is 8.67. The molecule has 0 unspecified atom stereocenters. The van der Waals surface area contributed by atoms with Crippen molar-refractivity contribution in [3.05, 3.63) is 21.8 Å². The lowest BCUT2D eigenvalue weighted by Crippen LogP contribution is -2.33. The summed E-state index contributed by atoms with van der Waals surface area (Å²) in [7, 11) is 0. The van der Waals surface area contributed by atoms with Gasteiger partial charge in [0.05, 0.1) is 4.88 Å². The molecule has 0 aliphatic carbocycles. The van der Waals surface area contributed by atoms with Crippen molar-refractivity contribution in [2.24, 2.45) is 0 Å². The number of aliphatic hydroxyl groups is 1. The number of thiophene rings is 1. The highest BCUT2D eigenvalue weighted by atomic mass is 79.9. The van der Waals surface area contributed by atoms with E-state index < -0.39 is 5.60 Å². The van der Waals surface area contributed by atoms with Crippen molar-refractivity contribution in [1.29, 1.82) is 0 Å². The van der Waals surface area contributed by atoms with Gasteiger partial charge in [0, 0.05) is 35.9 Å². The third-order valence-electron chi connectivity index (χ3n) is 2.93. The number of rotatable bonds is 2. The number of hydrogen-bond donors (Lipinski definition) is 1. The van der Waals surface area contributed by atoms with Gasteiger partial charge in [-0.25, -0.2) is 0 Å². The topological polar surface area (TPSA) is 68.4 Å². The zero-order valence-electron chi connectivity index (χ0n) is 9.43. The lowest BCUT2D eigenvalue weighted by atomic mass is 9.94. The average Bonchev–Trinajstić information content (AvgIpc) is 2.98. The van der Waals surface area contributed by atoms with Gasteiger partial charge in [0.15, 0.2) is 0 Å². The summed E-state index contributed by atoms with van der Waals surface area (Å²) in [6.07, 6.45) is 0.978. The second kappa shape index (κ2) is 4.73. The summed E-state index contributed by atoms with van der Waals surface area (Å²) in [6, 6.07) is 1.92. The van der Waals surface area contributed by atoms with Crippen LogP contribution in [0.5, 0.6) is 0 Å². The molecule has 0 spiro atoms. The molecular formula is C11H11BrN2O3S.